The molecule has 0 radical (unpaired) electrons. The van der Waals surface area contributed by atoms with E-state index in [-0.39, 0.29) is 12.4 Å². The number of carbonyl (C=O) groups excluding carboxylic acids is 1. The van der Waals surface area contributed by atoms with Gasteiger partial charge >= 0.3 is 0 Å². The molecule has 1 unspecified atom stereocenters. The predicted octanol–water partition coefficient (Wildman–Crippen LogP) is 3.31. The average Bonchev–Trinajstić information content (AvgIpc) is 3.23. The van der Waals surface area contributed by atoms with Crippen molar-refractivity contribution in [3.8, 4) is 34.3 Å². The van der Waals surface area contributed by atoms with Crippen LogP contribution in [0.3, 0.4) is 0 Å². The van der Waals surface area contributed by atoms with Crippen molar-refractivity contribution in [1.29, 1.82) is 0 Å². The van der Waals surface area contributed by atoms with Crippen molar-refractivity contribution in [2.75, 3.05) is 25.1 Å². The largest absolute Gasteiger partial charge is 0.490 e. The van der Waals surface area contributed by atoms with Crippen LogP contribution in [0.2, 0.25) is 0 Å². The molecule has 0 aliphatic carbocycles. The molecular formula is C21H21N3O6. The zero-order chi connectivity index (χ0) is 20.9. The lowest BCUT2D eigenvalue weighted by atomic mass is 10.1. The van der Waals surface area contributed by atoms with Gasteiger partial charge in [0.2, 0.25) is 11.9 Å². The Labute approximate surface area is 172 Å². The summed E-state index contributed by atoms with van der Waals surface area (Å²) in [6.07, 6.45) is -0.830. The summed E-state index contributed by atoms with van der Waals surface area (Å²) < 4.78 is 27.4. The lowest BCUT2D eigenvalue weighted by Crippen LogP contribution is -2.40. The summed E-state index contributed by atoms with van der Waals surface area (Å²) in [7, 11) is 0. The van der Waals surface area contributed by atoms with E-state index in [0.29, 0.717) is 47.5 Å². The molecule has 3 aromatic rings. The van der Waals surface area contributed by atoms with Crippen LogP contribution in [0.4, 0.5) is 5.82 Å². The minimum Gasteiger partial charge on any atom is -0.490 e. The van der Waals surface area contributed by atoms with Crippen LogP contribution in [0.15, 0.2) is 47.1 Å². The minimum absolute atomic E-state index is 0.0843. The number of ether oxygens (including phenoxy) is 4. The van der Waals surface area contributed by atoms with Crippen LogP contribution >= 0.6 is 0 Å². The molecule has 156 valence electrons. The number of carbonyl (C=O) groups is 1. The van der Waals surface area contributed by atoms with Gasteiger partial charge in [-0.2, -0.15) is 0 Å². The molecule has 0 bridgehead atoms. The van der Waals surface area contributed by atoms with E-state index < -0.39 is 12.0 Å². The van der Waals surface area contributed by atoms with E-state index in [2.05, 4.69) is 15.6 Å². The highest BCUT2D eigenvalue weighted by Gasteiger charge is 2.29. The van der Waals surface area contributed by atoms with Gasteiger partial charge in [-0.25, -0.2) is 4.63 Å². The van der Waals surface area contributed by atoms with E-state index in [0.717, 1.165) is 0 Å². The standard InChI is InChI=1S/C21H21N3O6/c1-3-26-15-10-9-13(11-17(15)27-4-2)19-20(24-30-23-19)22-21(25)18-12-28-14-7-5-6-8-16(14)29-18/h5-11,18H,3-4,12H2,1-2H3,(H,22,24,25). The smallest absolute Gasteiger partial charge is 0.270 e. The number of nitrogens with one attached hydrogen (secondary N) is 1. The number of benzene rings is 2. The topological polar surface area (TPSA) is 105 Å². The summed E-state index contributed by atoms with van der Waals surface area (Å²) in [5, 5.41) is 10.4. The van der Waals surface area contributed by atoms with Crippen molar-refractivity contribution in [1.82, 2.24) is 10.3 Å². The molecular weight excluding hydrogens is 390 g/mol. The van der Waals surface area contributed by atoms with Gasteiger partial charge in [0.05, 0.1) is 13.2 Å². The third-order valence-corrected chi connectivity index (χ3v) is 4.35. The second-order valence-corrected chi connectivity index (χ2v) is 6.34. The van der Waals surface area contributed by atoms with Crippen LogP contribution in [-0.4, -0.2) is 42.1 Å². The van der Waals surface area contributed by atoms with Crippen molar-refractivity contribution < 1.29 is 28.4 Å². The van der Waals surface area contributed by atoms with Gasteiger partial charge in [0.1, 0.15) is 6.61 Å². The van der Waals surface area contributed by atoms with Crippen molar-refractivity contribution in [3.05, 3.63) is 42.5 Å². The number of hydrogen-bond acceptors (Lipinski definition) is 8. The van der Waals surface area contributed by atoms with Gasteiger partial charge in [-0.15, -0.1) is 0 Å². The molecule has 9 nitrogen and oxygen atoms in total. The van der Waals surface area contributed by atoms with Gasteiger partial charge in [0.15, 0.2) is 28.7 Å². The van der Waals surface area contributed by atoms with Crippen molar-refractivity contribution in [2.45, 2.75) is 20.0 Å². The molecule has 4 rings (SSSR count). The molecule has 1 aliphatic heterocycles. The van der Waals surface area contributed by atoms with Gasteiger partial charge in [0.25, 0.3) is 5.91 Å². The van der Waals surface area contributed by atoms with Crippen molar-refractivity contribution in [2.24, 2.45) is 0 Å². The van der Waals surface area contributed by atoms with Crippen molar-refractivity contribution >= 4 is 11.7 Å². The second-order valence-electron chi connectivity index (χ2n) is 6.34. The molecule has 2 aromatic carbocycles. The Morgan fingerprint density at radius 1 is 1.07 bits per heavy atom. The van der Waals surface area contributed by atoms with Gasteiger partial charge in [0, 0.05) is 5.56 Å². The van der Waals surface area contributed by atoms with Gasteiger partial charge in [-0.05, 0) is 54.5 Å². The van der Waals surface area contributed by atoms with Crippen molar-refractivity contribution in [3.63, 3.8) is 0 Å². The number of nitrogens with zero attached hydrogens (tertiary/aromatic N) is 2. The molecule has 0 saturated carbocycles. The molecule has 0 spiro atoms. The Bertz CT molecular complexity index is 1040. The second kappa shape index (κ2) is 8.73. The Balaban J connectivity index is 1.52. The third kappa shape index (κ3) is 4.00. The third-order valence-electron chi connectivity index (χ3n) is 4.35. The highest BCUT2D eigenvalue weighted by molar-refractivity contribution is 5.96. The summed E-state index contributed by atoms with van der Waals surface area (Å²) in [5.41, 5.74) is 1.02. The molecule has 1 atom stereocenters. The number of rotatable bonds is 7. The quantitative estimate of drug-likeness (QED) is 0.631. The van der Waals surface area contributed by atoms with E-state index in [1.165, 1.54) is 0 Å². The maximum Gasteiger partial charge on any atom is 0.270 e. The first-order valence-electron chi connectivity index (χ1n) is 9.61. The number of para-hydroxylation sites is 2. The Morgan fingerprint density at radius 2 is 1.83 bits per heavy atom. The summed E-state index contributed by atoms with van der Waals surface area (Å²) in [6, 6.07) is 12.5. The van der Waals surface area contributed by atoms with Gasteiger partial charge in [-0.3, -0.25) is 4.79 Å². The van der Waals surface area contributed by atoms with Crippen LogP contribution in [0, 0.1) is 0 Å². The fourth-order valence-electron chi connectivity index (χ4n) is 3.00. The molecule has 9 heteroatoms. The summed E-state index contributed by atoms with van der Waals surface area (Å²) in [5.74, 6) is 2.05. The van der Waals surface area contributed by atoms with Crippen LogP contribution in [0.1, 0.15) is 13.8 Å². The first-order valence-corrected chi connectivity index (χ1v) is 9.61. The Morgan fingerprint density at radius 3 is 2.63 bits per heavy atom. The molecule has 0 saturated heterocycles. The lowest BCUT2D eigenvalue weighted by Gasteiger charge is -2.25. The highest BCUT2D eigenvalue weighted by atomic mass is 16.6. The summed E-state index contributed by atoms with van der Waals surface area (Å²) in [6.45, 7) is 4.86. The number of amides is 1. The van der Waals surface area contributed by atoms with Crippen LogP contribution < -0.4 is 24.3 Å². The van der Waals surface area contributed by atoms with E-state index in [9.17, 15) is 4.79 Å². The van der Waals surface area contributed by atoms with Crippen LogP contribution in [0.5, 0.6) is 23.0 Å². The molecule has 2 heterocycles. The highest BCUT2D eigenvalue weighted by Crippen LogP contribution is 2.35. The lowest BCUT2D eigenvalue weighted by molar-refractivity contribution is -0.125. The first kappa shape index (κ1) is 19.6. The number of hydrogen-bond donors (Lipinski definition) is 1. The maximum absolute atomic E-state index is 12.7. The maximum atomic E-state index is 12.7. The van der Waals surface area contributed by atoms with E-state index in [1.807, 2.05) is 26.0 Å². The van der Waals surface area contributed by atoms with E-state index >= 15 is 0 Å². The van der Waals surface area contributed by atoms with Gasteiger partial charge < -0.3 is 24.3 Å². The number of anilines is 1. The zero-order valence-corrected chi connectivity index (χ0v) is 16.6. The minimum atomic E-state index is -0.830. The number of fused-ring (bicyclic) bond motifs is 1. The van der Waals surface area contributed by atoms with Crippen LogP contribution in [0.25, 0.3) is 11.3 Å². The van der Waals surface area contributed by atoms with Gasteiger partial charge in [-0.1, -0.05) is 12.1 Å². The monoisotopic (exact) mass is 411 g/mol. The molecule has 1 aliphatic rings. The molecule has 1 amide bonds. The molecule has 1 aromatic heterocycles. The number of aromatic nitrogens is 2. The summed E-state index contributed by atoms with van der Waals surface area (Å²) >= 11 is 0. The summed E-state index contributed by atoms with van der Waals surface area (Å²) in [4.78, 5) is 12.7. The van der Waals surface area contributed by atoms with Crippen LogP contribution in [-0.2, 0) is 4.79 Å². The SMILES string of the molecule is CCOc1ccc(-c2nonc2NC(=O)C2COc3ccccc3O2)cc1OCC. The average molecular weight is 411 g/mol. The normalized spacial score (nSPS) is 14.8. The molecule has 0 fully saturated rings. The Hall–Kier alpha value is -3.75. The molecule has 1 N–H and O–H groups in total. The van der Waals surface area contributed by atoms with E-state index in [1.54, 1.807) is 30.3 Å². The molecule has 30 heavy (non-hydrogen) atoms. The van der Waals surface area contributed by atoms with E-state index in [4.69, 9.17) is 23.6 Å². The fraction of sp³-hybridized carbons (Fsp3) is 0.286. The fourth-order valence-corrected chi connectivity index (χ4v) is 3.00. The zero-order valence-electron chi connectivity index (χ0n) is 16.6. The Kier molecular flexibility index (Phi) is 5.69. The first-order chi connectivity index (χ1) is 14.7. The predicted molar refractivity (Wildman–Crippen MR) is 107 cm³/mol.